The van der Waals surface area contributed by atoms with E-state index >= 15 is 0 Å². The van der Waals surface area contributed by atoms with Gasteiger partial charge in [-0.15, -0.1) is 0 Å². The molecule has 0 aliphatic carbocycles. The van der Waals surface area contributed by atoms with Gasteiger partial charge in [0.05, 0.1) is 10.3 Å². The van der Waals surface area contributed by atoms with Crippen LogP contribution in [0.25, 0.3) is 0 Å². The van der Waals surface area contributed by atoms with Crippen LogP contribution in [0.4, 0.5) is 11.4 Å². The van der Waals surface area contributed by atoms with Gasteiger partial charge in [0.2, 0.25) is 5.69 Å². The zero-order chi connectivity index (χ0) is 30.0. The third-order valence-corrected chi connectivity index (χ3v) is 9.34. The molecule has 8 heteroatoms. The van der Waals surface area contributed by atoms with E-state index in [0.29, 0.717) is 6.42 Å². The maximum absolute atomic E-state index is 11.8. The minimum absolute atomic E-state index is 0.0961. The average molecular weight is 578 g/mol. The fourth-order valence-corrected chi connectivity index (χ4v) is 6.89. The van der Waals surface area contributed by atoms with Crippen LogP contribution >= 0.6 is 0 Å². The lowest BCUT2D eigenvalue weighted by atomic mass is 9.77. The summed E-state index contributed by atoms with van der Waals surface area (Å²) in [5.41, 5.74) is 5.87. The highest BCUT2D eigenvalue weighted by Crippen LogP contribution is 2.50. The van der Waals surface area contributed by atoms with E-state index in [-0.39, 0.29) is 16.7 Å². The summed E-state index contributed by atoms with van der Waals surface area (Å²) in [4.78, 5) is 13.3. The van der Waals surface area contributed by atoms with E-state index in [1.54, 1.807) is 12.1 Å². The molecule has 0 spiro atoms. The lowest BCUT2D eigenvalue weighted by Gasteiger charge is -2.30. The molecule has 2 aromatic rings. The van der Waals surface area contributed by atoms with Crippen LogP contribution in [0.1, 0.15) is 71.4 Å². The number of carboxylic acid groups (broad SMARTS) is 1. The molecule has 0 amide bonds. The summed E-state index contributed by atoms with van der Waals surface area (Å²) in [6.07, 6.45) is 12.8. The molecule has 0 bridgehead atoms. The van der Waals surface area contributed by atoms with E-state index in [1.807, 2.05) is 12.2 Å². The maximum Gasteiger partial charge on any atom is 0.303 e. The molecule has 0 fully saturated rings. The molecule has 2 aliphatic rings. The molecule has 1 unspecified atom stereocenters. The summed E-state index contributed by atoms with van der Waals surface area (Å²) in [6, 6.07) is 13.3. The quantitative estimate of drug-likeness (QED) is 0.132. The molecule has 0 aromatic heterocycles. The number of rotatable bonds is 11. The van der Waals surface area contributed by atoms with Crippen molar-refractivity contribution in [3.05, 3.63) is 89.7 Å². The summed E-state index contributed by atoms with van der Waals surface area (Å²) in [5.74, 6) is -0.755. The molecular formula is C33H41N2O5S+. The molecule has 41 heavy (non-hydrogen) atoms. The summed E-state index contributed by atoms with van der Waals surface area (Å²) < 4.78 is 35.3. The van der Waals surface area contributed by atoms with Gasteiger partial charge in [-0.2, -0.15) is 13.0 Å². The largest absolute Gasteiger partial charge is 0.481 e. The Balaban J connectivity index is 1.62. The maximum atomic E-state index is 11.8. The van der Waals surface area contributed by atoms with E-state index < -0.39 is 21.5 Å². The lowest BCUT2D eigenvalue weighted by molar-refractivity contribution is -0.433. The Morgan fingerprint density at radius 3 is 2.39 bits per heavy atom. The molecule has 1 atom stereocenters. The standard InChI is InChI=1S/C33H40N2O5S/c1-6-34-28-21-20-24(41(38,39)40)23-26(28)32(3,4)29(34)17-9-8-10-18-30-33(5,22-14-13-19-31(36)37)25-15-11-12-16-27(25)35(30)7-2/h8-12,15-18,20-21,23H,6-7,13-14,19,22H2,1-5H3,(H-,36,37,38,39,40)/p+1. The number of carboxylic acids is 1. The van der Waals surface area contributed by atoms with Crippen LogP contribution in [0, 0.1) is 0 Å². The second-order valence-electron chi connectivity index (χ2n) is 11.4. The first-order valence-corrected chi connectivity index (χ1v) is 15.7. The van der Waals surface area contributed by atoms with Gasteiger partial charge >= 0.3 is 5.97 Å². The van der Waals surface area contributed by atoms with Crippen molar-refractivity contribution in [2.24, 2.45) is 0 Å². The second-order valence-corrected chi connectivity index (χ2v) is 12.8. The van der Waals surface area contributed by atoms with Gasteiger partial charge in [-0.3, -0.25) is 9.35 Å². The van der Waals surface area contributed by atoms with Crippen LogP contribution in [0.15, 0.2) is 83.4 Å². The Morgan fingerprint density at radius 2 is 1.73 bits per heavy atom. The monoisotopic (exact) mass is 577 g/mol. The predicted octanol–water partition coefficient (Wildman–Crippen LogP) is 6.77. The first kappa shape index (κ1) is 30.5. The number of hydrogen-bond donors (Lipinski definition) is 2. The van der Waals surface area contributed by atoms with E-state index in [4.69, 9.17) is 5.11 Å². The number of likely N-dealkylation sites (N-methyl/N-ethyl adjacent to an activating group) is 1. The fourth-order valence-electron chi connectivity index (χ4n) is 6.39. The van der Waals surface area contributed by atoms with E-state index in [0.717, 1.165) is 42.9 Å². The summed E-state index contributed by atoms with van der Waals surface area (Å²) in [6.45, 7) is 12.1. The minimum Gasteiger partial charge on any atom is -0.481 e. The van der Waals surface area contributed by atoms with Gasteiger partial charge in [0, 0.05) is 47.5 Å². The van der Waals surface area contributed by atoms with Gasteiger partial charge in [0.1, 0.15) is 6.54 Å². The van der Waals surface area contributed by atoms with Crippen molar-refractivity contribution in [1.82, 2.24) is 0 Å². The van der Waals surface area contributed by atoms with Gasteiger partial charge in [-0.1, -0.05) is 42.8 Å². The van der Waals surface area contributed by atoms with Crippen molar-refractivity contribution in [1.29, 1.82) is 0 Å². The van der Waals surface area contributed by atoms with Crippen LogP contribution in [0.5, 0.6) is 0 Å². The van der Waals surface area contributed by atoms with Crippen LogP contribution in [-0.2, 0) is 25.7 Å². The van der Waals surface area contributed by atoms with E-state index in [1.165, 1.54) is 23.0 Å². The van der Waals surface area contributed by atoms with Gasteiger partial charge < -0.3 is 10.0 Å². The van der Waals surface area contributed by atoms with Crippen LogP contribution < -0.4 is 4.90 Å². The van der Waals surface area contributed by atoms with E-state index in [2.05, 4.69) is 86.6 Å². The Bertz CT molecular complexity index is 1570. The van der Waals surface area contributed by atoms with Crippen molar-refractivity contribution in [3.8, 4) is 0 Å². The zero-order valence-electron chi connectivity index (χ0n) is 24.6. The smallest absolute Gasteiger partial charge is 0.303 e. The Hall–Kier alpha value is -3.49. The number of aliphatic carboxylic acids is 1. The number of allylic oxidation sites excluding steroid dienone is 6. The first-order chi connectivity index (χ1) is 19.4. The molecule has 2 aliphatic heterocycles. The van der Waals surface area contributed by atoms with Crippen molar-refractivity contribution < 1.29 is 27.4 Å². The van der Waals surface area contributed by atoms with Crippen molar-refractivity contribution in [2.45, 2.75) is 76.0 Å². The number of carbonyl (C=O) groups is 1. The number of nitrogens with zero attached hydrogens (tertiary/aromatic N) is 2. The summed E-state index contributed by atoms with van der Waals surface area (Å²) >= 11 is 0. The first-order valence-electron chi connectivity index (χ1n) is 14.3. The summed E-state index contributed by atoms with van der Waals surface area (Å²) in [5, 5.41) is 9.09. The highest BCUT2D eigenvalue weighted by molar-refractivity contribution is 7.85. The molecule has 0 radical (unpaired) electrons. The average Bonchev–Trinajstić information content (AvgIpc) is 3.29. The Kier molecular flexibility index (Phi) is 8.76. The Morgan fingerprint density at radius 1 is 1.00 bits per heavy atom. The summed E-state index contributed by atoms with van der Waals surface area (Å²) in [7, 11) is -4.29. The SMILES string of the molecule is CCN1/C(=C/C=C/C=C/C2=[N+](CC)c3ccc(S(=O)(=O)O)cc3C2(C)C)C(C)(CCCCC(=O)O)c2ccccc21. The third-order valence-electron chi connectivity index (χ3n) is 8.49. The topological polar surface area (TPSA) is 97.9 Å². The highest BCUT2D eigenvalue weighted by atomic mass is 32.2. The van der Waals surface area contributed by atoms with Crippen LogP contribution in [0.3, 0.4) is 0 Å². The number of anilines is 1. The molecule has 2 N–H and O–H groups in total. The van der Waals surface area contributed by atoms with Gasteiger partial charge in [0.25, 0.3) is 10.1 Å². The molecule has 7 nitrogen and oxygen atoms in total. The molecular weight excluding hydrogens is 536 g/mol. The van der Waals surface area contributed by atoms with Gasteiger partial charge in [-0.05, 0) is 77.3 Å². The molecule has 0 saturated heterocycles. The molecule has 2 aromatic carbocycles. The van der Waals surface area contributed by atoms with E-state index in [9.17, 15) is 17.8 Å². The fraction of sp³-hybridized carbons (Fsp3) is 0.394. The minimum atomic E-state index is -4.29. The predicted molar refractivity (Wildman–Crippen MR) is 164 cm³/mol. The zero-order valence-corrected chi connectivity index (χ0v) is 25.4. The lowest BCUT2D eigenvalue weighted by Crippen LogP contribution is -2.28. The van der Waals surface area contributed by atoms with Crippen molar-refractivity contribution in [3.63, 3.8) is 0 Å². The molecule has 218 valence electrons. The third kappa shape index (κ3) is 5.81. The molecule has 4 rings (SSSR count). The molecule has 2 heterocycles. The number of hydrogen-bond acceptors (Lipinski definition) is 4. The number of benzene rings is 2. The van der Waals surface area contributed by atoms with Gasteiger partial charge in [-0.25, -0.2) is 0 Å². The van der Waals surface area contributed by atoms with Crippen LogP contribution in [0.2, 0.25) is 0 Å². The highest BCUT2D eigenvalue weighted by Gasteiger charge is 2.44. The number of unbranched alkanes of at least 4 members (excludes halogenated alkanes) is 1. The number of para-hydroxylation sites is 1. The normalized spacial score (nSPS) is 20.9. The number of fused-ring (bicyclic) bond motifs is 2. The van der Waals surface area contributed by atoms with Crippen molar-refractivity contribution in [2.75, 3.05) is 18.0 Å². The van der Waals surface area contributed by atoms with Crippen molar-refractivity contribution >= 4 is 33.2 Å². The van der Waals surface area contributed by atoms with Gasteiger partial charge in [0.15, 0.2) is 5.71 Å². The van der Waals surface area contributed by atoms with Crippen LogP contribution in [-0.4, -0.2) is 47.4 Å². The second kappa shape index (κ2) is 11.8. The Labute approximate surface area is 244 Å². The molecule has 0 saturated carbocycles.